The predicted octanol–water partition coefficient (Wildman–Crippen LogP) is 4.01. The lowest BCUT2D eigenvalue weighted by Crippen LogP contribution is -2.18. The number of nitrogens with one attached hydrogen (secondary N) is 1. The van der Waals surface area contributed by atoms with Gasteiger partial charge in [0.2, 0.25) is 0 Å². The van der Waals surface area contributed by atoms with Gasteiger partial charge in [0, 0.05) is 22.6 Å². The Bertz CT molecular complexity index is 586. The quantitative estimate of drug-likeness (QED) is 0.867. The fourth-order valence-corrected chi connectivity index (χ4v) is 2.70. The number of benzene rings is 2. The summed E-state index contributed by atoms with van der Waals surface area (Å²) in [7, 11) is 1.55. The zero-order valence-electron chi connectivity index (χ0n) is 11.6. The molecule has 0 fully saturated rings. The summed E-state index contributed by atoms with van der Waals surface area (Å²) in [6.07, 6.45) is 0. The minimum absolute atomic E-state index is 0.177. The average molecular weight is 336 g/mol. The third-order valence-electron chi connectivity index (χ3n) is 3.27. The molecule has 20 heavy (non-hydrogen) atoms. The van der Waals surface area contributed by atoms with E-state index in [0.717, 1.165) is 10.0 Å². The number of hydrogen-bond donors (Lipinski definition) is 2. The second kappa shape index (κ2) is 6.77. The van der Waals surface area contributed by atoms with Gasteiger partial charge in [-0.1, -0.05) is 46.3 Å². The Morgan fingerprint density at radius 2 is 1.95 bits per heavy atom. The Morgan fingerprint density at radius 1 is 1.20 bits per heavy atom. The van der Waals surface area contributed by atoms with Crippen LogP contribution in [0.1, 0.15) is 24.1 Å². The zero-order valence-corrected chi connectivity index (χ0v) is 13.1. The second-order valence-corrected chi connectivity index (χ2v) is 5.45. The van der Waals surface area contributed by atoms with E-state index in [0.29, 0.717) is 12.3 Å². The molecule has 4 heteroatoms. The van der Waals surface area contributed by atoms with E-state index in [1.54, 1.807) is 13.2 Å². The van der Waals surface area contributed by atoms with Crippen molar-refractivity contribution in [3.8, 4) is 11.5 Å². The number of ether oxygens (including phenoxy) is 1. The van der Waals surface area contributed by atoms with E-state index in [2.05, 4.69) is 34.2 Å². The van der Waals surface area contributed by atoms with Gasteiger partial charge in [-0.25, -0.2) is 0 Å². The number of aromatic hydroxyl groups is 1. The summed E-state index contributed by atoms with van der Waals surface area (Å²) in [5.74, 6) is 0.694. The number of hydrogen-bond acceptors (Lipinski definition) is 3. The average Bonchev–Trinajstić information content (AvgIpc) is 2.46. The van der Waals surface area contributed by atoms with Crippen molar-refractivity contribution >= 4 is 15.9 Å². The van der Waals surface area contributed by atoms with E-state index in [1.165, 1.54) is 5.56 Å². The molecule has 2 N–H and O–H groups in total. The molecule has 0 aliphatic carbocycles. The van der Waals surface area contributed by atoms with Gasteiger partial charge in [0.15, 0.2) is 11.5 Å². The van der Waals surface area contributed by atoms with Crippen molar-refractivity contribution in [2.45, 2.75) is 19.5 Å². The molecule has 0 bridgehead atoms. The highest BCUT2D eigenvalue weighted by Crippen LogP contribution is 2.30. The maximum absolute atomic E-state index is 10.1. The maximum Gasteiger partial charge on any atom is 0.162 e. The fourth-order valence-electron chi connectivity index (χ4n) is 2.07. The number of halogens is 1. The van der Waals surface area contributed by atoms with Gasteiger partial charge < -0.3 is 15.2 Å². The van der Waals surface area contributed by atoms with Crippen LogP contribution < -0.4 is 10.1 Å². The summed E-state index contributed by atoms with van der Waals surface area (Å²) in [5, 5.41) is 13.5. The van der Waals surface area contributed by atoms with Crippen LogP contribution in [0, 0.1) is 0 Å². The van der Waals surface area contributed by atoms with Gasteiger partial charge in [-0.05, 0) is 24.6 Å². The molecule has 0 saturated heterocycles. The molecule has 0 heterocycles. The van der Waals surface area contributed by atoms with E-state index in [1.807, 2.05) is 30.3 Å². The number of para-hydroxylation sites is 1. The fraction of sp³-hybridized carbons (Fsp3) is 0.250. The van der Waals surface area contributed by atoms with Crippen LogP contribution in [0.15, 0.2) is 46.9 Å². The SMILES string of the molecule is COc1cccc(CNC(C)c2ccccc2Br)c1O. The van der Waals surface area contributed by atoms with Crippen molar-refractivity contribution in [3.05, 3.63) is 58.1 Å². The molecule has 106 valence electrons. The van der Waals surface area contributed by atoms with Crippen molar-refractivity contribution in [1.29, 1.82) is 0 Å². The minimum Gasteiger partial charge on any atom is -0.504 e. The smallest absolute Gasteiger partial charge is 0.162 e. The van der Waals surface area contributed by atoms with Crippen molar-refractivity contribution < 1.29 is 9.84 Å². The third kappa shape index (κ3) is 3.32. The molecule has 0 aliphatic rings. The lowest BCUT2D eigenvalue weighted by atomic mass is 10.1. The summed E-state index contributed by atoms with van der Waals surface area (Å²) >= 11 is 3.55. The molecule has 2 aromatic carbocycles. The Hall–Kier alpha value is -1.52. The molecule has 1 unspecified atom stereocenters. The van der Waals surface area contributed by atoms with Gasteiger partial charge >= 0.3 is 0 Å². The summed E-state index contributed by atoms with van der Waals surface area (Å²) < 4.78 is 6.19. The molecule has 0 amide bonds. The first-order chi connectivity index (χ1) is 9.63. The molecule has 1 atom stereocenters. The van der Waals surface area contributed by atoms with Gasteiger partial charge in [-0.2, -0.15) is 0 Å². The summed E-state index contributed by atoms with van der Waals surface area (Å²) in [6, 6.07) is 13.8. The normalized spacial score (nSPS) is 12.2. The molecule has 0 spiro atoms. The van der Waals surface area contributed by atoms with Gasteiger partial charge in [0.1, 0.15) is 0 Å². The first-order valence-corrected chi connectivity index (χ1v) is 7.25. The Labute approximate surface area is 127 Å². The monoisotopic (exact) mass is 335 g/mol. The van der Waals surface area contributed by atoms with Gasteiger partial charge in [0.05, 0.1) is 7.11 Å². The van der Waals surface area contributed by atoms with E-state index < -0.39 is 0 Å². The molecule has 3 nitrogen and oxygen atoms in total. The molecule has 2 rings (SSSR count). The molecule has 0 saturated carbocycles. The predicted molar refractivity (Wildman–Crippen MR) is 84.1 cm³/mol. The van der Waals surface area contributed by atoms with Crippen LogP contribution in [-0.4, -0.2) is 12.2 Å². The summed E-state index contributed by atoms with van der Waals surface area (Å²) in [6.45, 7) is 2.67. The van der Waals surface area contributed by atoms with Crippen molar-refractivity contribution in [3.63, 3.8) is 0 Å². The molecule has 0 radical (unpaired) electrons. The number of phenols is 1. The highest BCUT2D eigenvalue weighted by atomic mass is 79.9. The Morgan fingerprint density at radius 3 is 2.65 bits per heavy atom. The summed E-state index contributed by atoms with van der Waals surface area (Å²) in [4.78, 5) is 0. The van der Waals surface area contributed by atoms with Crippen molar-refractivity contribution in [2.75, 3.05) is 7.11 Å². The zero-order chi connectivity index (χ0) is 14.5. The van der Waals surface area contributed by atoms with Crippen molar-refractivity contribution in [1.82, 2.24) is 5.32 Å². The lowest BCUT2D eigenvalue weighted by molar-refractivity contribution is 0.369. The molecule has 0 aliphatic heterocycles. The first kappa shape index (κ1) is 14.9. The molecule has 2 aromatic rings. The highest BCUT2D eigenvalue weighted by Gasteiger charge is 2.11. The van der Waals surface area contributed by atoms with E-state index in [4.69, 9.17) is 4.74 Å². The van der Waals surface area contributed by atoms with E-state index >= 15 is 0 Å². The summed E-state index contributed by atoms with van der Waals surface area (Å²) in [5.41, 5.74) is 2.01. The molecular weight excluding hydrogens is 318 g/mol. The highest BCUT2D eigenvalue weighted by molar-refractivity contribution is 9.10. The van der Waals surface area contributed by atoms with Crippen molar-refractivity contribution in [2.24, 2.45) is 0 Å². The van der Waals surface area contributed by atoms with Gasteiger partial charge in [0.25, 0.3) is 0 Å². The lowest BCUT2D eigenvalue weighted by Gasteiger charge is -2.17. The largest absolute Gasteiger partial charge is 0.504 e. The van der Waals surface area contributed by atoms with E-state index in [9.17, 15) is 5.11 Å². The van der Waals surface area contributed by atoms with E-state index in [-0.39, 0.29) is 11.8 Å². The van der Waals surface area contributed by atoms with Gasteiger partial charge in [-0.3, -0.25) is 0 Å². The van der Waals surface area contributed by atoms with Crippen LogP contribution in [0.25, 0.3) is 0 Å². The topological polar surface area (TPSA) is 41.5 Å². The Kier molecular flexibility index (Phi) is 5.04. The first-order valence-electron chi connectivity index (χ1n) is 6.46. The Balaban J connectivity index is 2.08. The second-order valence-electron chi connectivity index (χ2n) is 4.59. The number of methoxy groups -OCH3 is 1. The number of phenolic OH excluding ortho intramolecular Hbond substituents is 1. The van der Waals surface area contributed by atoms with Crippen LogP contribution in [0.4, 0.5) is 0 Å². The van der Waals surface area contributed by atoms with Crippen LogP contribution in [0.5, 0.6) is 11.5 Å². The number of rotatable bonds is 5. The van der Waals surface area contributed by atoms with Crippen LogP contribution in [-0.2, 0) is 6.54 Å². The molecular formula is C16H18BrNO2. The van der Waals surface area contributed by atoms with Gasteiger partial charge in [-0.15, -0.1) is 0 Å². The van der Waals surface area contributed by atoms with Crippen LogP contribution >= 0.6 is 15.9 Å². The molecule has 0 aromatic heterocycles. The third-order valence-corrected chi connectivity index (χ3v) is 4.00. The maximum atomic E-state index is 10.1. The van der Waals surface area contributed by atoms with Crippen LogP contribution in [0.3, 0.4) is 0 Å². The standard InChI is InChI=1S/C16H18BrNO2/c1-11(13-7-3-4-8-14(13)17)18-10-12-6-5-9-15(20-2)16(12)19/h3-9,11,18-19H,10H2,1-2H3. The minimum atomic E-state index is 0.177. The van der Waals surface area contributed by atoms with Crippen LogP contribution in [0.2, 0.25) is 0 Å².